The summed E-state index contributed by atoms with van der Waals surface area (Å²) in [6.45, 7) is 8.45. The Hall–Kier alpha value is -1.16. The highest BCUT2D eigenvalue weighted by Gasteiger charge is 2.30. The molecule has 110 valence electrons. The van der Waals surface area contributed by atoms with E-state index in [0.29, 0.717) is 6.04 Å². The number of β-amino-alcohol motifs (C(OH)–C–C–N with tert-alkyl or cyclic N) is 1. The van der Waals surface area contributed by atoms with Crippen LogP contribution in [0.4, 0.5) is 0 Å². The molecule has 0 aromatic heterocycles. The van der Waals surface area contributed by atoms with Gasteiger partial charge in [0.2, 0.25) is 0 Å². The number of rotatable bonds is 6. The fourth-order valence-electron chi connectivity index (χ4n) is 3.09. The standard InChI is InChI=1S/C17H26N2O/c1-3-11-18-15-10-12-19(13-17(15)20)16(4-2)14-8-6-5-7-9-14/h3,5-9,15-18,20H,1,4,10-13H2,2H3/t15-,16?,17-/m1/s1. The molecule has 0 bridgehead atoms. The Bertz CT molecular complexity index is 407. The molecule has 2 rings (SSSR count). The molecule has 1 aromatic rings. The number of aliphatic hydroxyl groups is 1. The number of hydrogen-bond donors (Lipinski definition) is 2. The number of aliphatic hydroxyl groups excluding tert-OH is 1. The SMILES string of the molecule is C=CCN[C@@H]1CCN(C(CC)c2ccccc2)C[C@H]1O. The molecule has 1 aliphatic rings. The van der Waals surface area contributed by atoms with Crippen molar-refractivity contribution >= 4 is 0 Å². The molecule has 1 saturated heterocycles. The van der Waals surface area contributed by atoms with Crippen molar-refractivity contribution in [3.05, 3.63) is 48.6 Å². The molecule has 1 unspecified atom stereocenters. The summed E-state index contributed by atoms with van der Waals surface area (Å²) in [5, 5.41) is 13.7. The maximum absolute atomic E-state index is 10.3. The van der Waals surface area contributed by atoms with E-state index >= 15 is 0 Å². The number of benzene rings is 1. The van der Waals surface area contributed by atoms with Crippen LogP contribution in [0.15, 0.2) is 43.0 Å². The van der Waals surface area contributed by atoms with E-state index in [1.165, 1.54) is 5.56 Å². The lowest BCUT2D eigenvalue weighted by Gasteiger charge is -2.40. The fraction of sp³-hybridized carbons (Fsp3) is 0.529. The average Bonchev–Trinajstić information content (AvgIpc) is 2.48. The Morgan fingerprint density at radius 2 is 2.20 bits per heavy atom. The highest BCUT2D eigenvalue weighted by atomic mass is 16.3. The highest BCUT2D eigenvalue weighted by Crippen LogP contribution is 2.27. The van der Waals surface area contributed by atoms with Crippen LogP contribution in [0.5, 0.6) is 0 Å². The zero-order chi connectivity index (χ0) is 14.4. The van der Waals surface area contributed by atoms with E-state index in [0.717, 1.165) is 32.5 Å². The summed E-state index contributed by atoms with van der Waals surface area (Å²) >= 11 is 0. The molecular weight excluding hydrogens is 248 g/mol. The van der Waals surface area contributed by atoms with E-state index in [9.17, 15) is 5.11 Å². The van der Waals surface area contributed by atoms with Gasteiger partial charge < -0.3 is 10.4 Å². The largest absolute Gasteiger partial charge is 0.390 e. The van der Waals surface area contributed by atoms with Crippen molar-refractivity contribution in [1.29, 1.82) is 0 Å². The first-order chi connectivity index (χ1) is 9.76. The monoisotopic (exact) mass is 274 g/mol. The van der Waals surface area contributed by atoms with Crippen LogP contribution in [-0.4, -0.2) is 41.8 Å². The number of hydrogen-bond acceptors (Lipinski definition) is 3. The molecule has 0 saturated carbocycles. The van der Waals surface area contributed by atoms with E-state index in [-0.39, 0.29) is 12.1 Å². The smallest absolute Gasteiger partial charge is 0.0820 e. The van der Waals surface area contributed by atoms with Crippen molar-refractivity contribution in [2.45, 2.75) is 38.0 Å². The Morgan fingerprint density at radius 1 is 1.45 bits per heavy atom. The third-order valence-electron chi connectivity index (χ3n) is 4.15. The summed E-state index contributed by atoms with van der Waals surface area (Å²) in [6.07, 6.45) is 3.60. The summed E-state index contributed by atoms with van der Waals surface area (Å²) < 4.78 is 0. The molecule has 0 spiro atoms. The van der Waals surface area contributed by atoms with Crippen LogP contribution < -0.4 is 5.32 Å². The van der Waals surface area contributed by atoms with Crippen LogP contribution in [0, 0.1) is 0 Å². The maximum atomic E-state index is 10.3. The predicted molar refractivity (Wildman–Crippen MR) is 83.7 cm³/mol. The lowest BCUT2D eigenvalue weighted by atomic mass is 9.96. The fourth-order valence-corrected chi connectivity index (χ4v) is 3.09. The van der Waals surface area contributed by atoms with Gasteiger partial charge in [0, 0.05) is 31.7 Å². The van der Waals surface area contributed by atoms with Gasteiger partial charge in [-0.1, -0.05) is 43.3 Å². The van der Waals surface area contributed by atoms with Crippen LogP contribution >= 0.6 is 0 Å². The Morgan fingerprint density at radius 3 is 2.80 bits per heavy atom. The third-order valence-corrected chi connectivity index (χ3v) is 4.15. The molecule has 3 atom stereocenters. The Kier molecular flexibility index (Phi) is 5.77. The quantitative estimate of drug-likeness (QED) is 0.782. The Balaban J connectivity index is 1.98. The first-order valence-electron chi connectivity index (χ1n) is 7.57. The lowest BCUT2D eigenvalue weighted by Crippen LogP contribution is -2.53. The van der Waals surface area contributed by atoms with Gasteiger partial charge in [0.15, 0.2) is 0 Å². The molecule has 1 heterocycles. The number of piperidine rings is 1. The number of nitrogens with zero attached hydrogens (tertiary/aromatic N) is 1. The van der Waals surface area contributed by atoms with Gasteiger partial charge in [-0.2, -0.15) is 0 Å². The lowest BCUT2D eigenvalue weighted by molar-refractivity contribution is 0.0202. The molecule has 1 aromatic carbocycles. The minimum atomic E-state index is -0.304. The topological polar surface area (TPSA) is 35.5 Å². The second-order valence-electron chi connectivity index (χ2n) is 5.49. The molecule has 0 aliphatic carbocycles. The minimum Gasteiger partial charge on any atom is -0.390 e. The maximum Gasteiger partial charge on any atom is 0.0820 e. The van der Waals surface area contributed by atoms with Crippen LogP contribution in [0.2, 0.25) is 0 Å². The second-order valence-corrected chi connectivity index (χ2v) is 5.49. The van der Waals surface area contributed by atoms with Gasteiger partial charge in [-0.25, -0.2) is 0 Å². The van der Waals surface area contributed by atoms with Gasteiger partial charge in [0.1, 0.15) is 0 Å². The van der Waals surface area contributed by atoms with Crippen molar-refractivity contribution < 1.29 is 5.11 Å². The van der Waals surface area contributed by atoms with Crippen LogP contribution in [0.3, 0.4) is 0 Å². The zero-order valence-electron chi connectivity index (χ0n) is 12.3. The van der Waals surface area contributed by atoms with Crippen molar-refractivity contribution in [2.75, 3.05) is 19.6 Å². The predicted octanol–water partition coefficient (Wildman–Crippen LogP) is 2.35. The molecule has 0 radical (unpaired) electrons. The molecule has 3 nitrogen and oxygen atoms in total. The van der Waals surface area contributed by atoms with E-state index < -0.39 is 0 Å². The van der Waals surface area contributed by atoms with E-state index in [4.69, 9.17) is 0 Å². The van der Waals surface area contributed by atoms with Gasteiger partial charge in [-0.15, -0.1) is 6.58 Å². The van der Waals surface area contributed by atoms with Crippen molar-refractivity contribution in [1.82, 2.24) is 10.2 Å². The van der Waals surface area contributed by atoms with Gasteiger partial charge in [-0.3, -0.25) is 4.90 Å². The molecule has 20 heavy (non-hydrogen) atoms. The normalized spacial score (nSPS) is 25.3. The first-order valence-corrected chi connectivity index (χ1v) is 7.57. The molecule has 3 heteroatoms. The van der Waals surface area contributed by atoms with Gasteiger partial charge in [0.25, 0.3) is 0 Å². The molecule has 0 amide bonds. The van der Waals surface area contributed by atoms with E-state index in [1.54, 1.807) is 0 Å². The third kappa shape index (κ3) is 3.69. The summed E-state index contributed by atoms with van der Waals surface area (Å²) in [4.78, 5) is 2.41. The Labute approximate surface area is 122 Å². The number of likely N-dealkylation sites (tertiary alicyclic amines) is 1. The molecular formula is C17H26N2O. The van der Waals surface area contributed by atoms with Crippen LogP contribution in [0.25, 0.3) is 0 Å². The van der Waals surface area contributed by atoms with Gasteiger partial charge in [0.05, 0.1) is 6.10 Å². The average molecular weight is 274 g/mol. The highest BCUT2D eigenvalue weighted by molar-refractivity contribution is 5.19. The molecule has 1 fully saturated rings. The van der Waals surface area contributed by atoms with E-state index in [1.807, 2.05) is 6.08 Å². The molecule has 1 aliphatic heterocycles. The first kappa shape index (κ1) is 15.2. The summed E-state index contributed by atoms with van der Waals surface area (Å²) in [6, 6.07) is 11.2. The van der Waals surface area contributed by atoms with Gasteiger partial charge >= 0.3 is 0 Å². The van der Waals surface area contributed by atoms with Crippen LogP contribution in [-0.2, 0) is 0 Å². The summed E-state index contributed by atoms with van der Waals surface area (Å²) in [5.74, 6) is 0. The summed E-state index contributed by atoms with van der Waals surface area (Å²) in [5.41, 5.74) is 1.35. The van der Waals surface area contributed by atoms with Crippen LogP contribution in [0.1, 0.15) is 31.4 Å². The van der Waals surface area contributed by atoms with Crippen molar-refractivity contribution in [3.8, 4) is 0 Å². The second kappa shape index (κ2) is 7.58. The number of nitrogens with one attached hydrogen (secondary N) is 1. The van der Waals surface area contributed by atoms with E-state index in [2.05, 4.69) is 54.1 Å². The van der Waals surface area contributed by atoms with Crippen molar-refractivity contribution in [2.24, 2.45) is 0 Å². The summed E-state index contributed by atoms with van der Waals surface area (Å²) in [7, 11) is 0. The minimum absolute atomic E-state index is 0.192. The zero-order valence-corrected chi connectivity index (χ0v) is 12.3. The molecule has 2 N–H and O–H groups in total. The van der Waals surface area contributed by atoms with Crippen molar-refractivity contribution in [3.63, 3.8) is 0 Å². The van der Waals surface area contributed by atoms with Gasteiger partial charge in [-0.05, 0) is 18.4 Å².